The van der Waals surface area contributed by atoms with Gasteiger partial charge in [0.1, 0.15) is 11.5 Å². The molecule has 1 aromatic carbocycles. The van der Waals surface area contributed by atoms with Crippen LogP contribution in [0.4, 0.5) is 0 Å². The van der Waals surface area contributed by atoms with Crippen molar-refractivity contribution in [3.63, 3.8) is 0 Å². The Bertz CT molecular complexity index is 405. The lowest BCUT2D eigenvalue weighted by molar-refractivity contribution is 0.307. The third-order valence-corrected chi connectivity index (χ3v) is 2.94. The highest BCUT2D eigenvalue weighted by Gasteiger charge is 2.20. The molecule has 2 rings (SSSR count). The Kier molecular flexibility index (Phi) is 3.18. The Morgan fingerprint density at radius 2 is 2.12 bits per heavy atom. The minimum absolute atomic E-state index is 0.545. The summed E-state index contributed by atoms with van der Waals surface area (Å²) in [6, 6.07) is 8.06. The molecule has 86 valence electrons. The molecule has 0 N–H and O–H groups in total. The number of hydrogen-bond donors (Lipinski definition) is 0. The highest BCUT2D eigenvalue weighted by atomic mass is 16.5. The zero-order valence-corrected chi connectivity index (χ0v) is 10.1. The number of ether oxygens (including phenoxy) is 2. The first-order chi connectivity index (χ1) is 7.72. The fourth-order valence-corrected chi connectivity index (χ4v) is 2.05. The molecule has 2 nitrogen and oxygen atoms in total. The molecule has 0 atom stereocenters. The zero-order chi connectivity index (χ0) is 11.5. The van der Waals surface area contributed by atoms with Gasteiger partial charge in [0, 0.05) is 12.0 Å². The van der Waals surface area contributed by atoms with E-state index < -0.39 is 0 Å². The van der Waals surface area contributed by atoms with Crippen LogP contribution in [-0.4, -0.2) is 13.7 Å². The molecule has 1 aliphatic rings. The predicted octanol–water partition coefficient (Wildman–Crippen LogP) is 3.48. The Labute approximate surface area is 96.9 Å². The summed E-state index contributed by atoms with van der Waals surface area (Å²) in [5, 5.41) is 0. The van der Waals surface area contributed by atoms with E-state index in [0.29, 0.717) is 5.92 Å². The van der Waals surface area contributed by atoms with E-state index in [1.165, 1.54) is 5.57 Å². The van der Waals surface area contributed by atoms with Gasteiger partial charge in [0.15, 0.2) is 0 Å². The van der Waals surface area contributed by atoms with Gasteiger partial charge in [0.2, 0.25) is 0 Å². The van der Waals surface area contributed by atoms with Crippen molar-refractivity contribution in [3.8, 4) is 5.75 Å². The van der Waals surface area contributed by atoms with Crippen molar-refractivity contribution in [2.75, 3.05) is 13.7 Å². The highest BCUT2D eigenvalue weighted by molar-refractivity contribution is 5.66. The quantitative estimate of drug-likeness (QED) is 0.773. The molecule has 0 saturated carbocycles. The van der Waals surface area contributed by atoms with E-state index in [1.807, 2.05) is 18.2 Å². The van der Waals surface area contributed by atoms with Crippen LogP contribution in [0.3, 0.4) is 0 Å². The molecule has 0 amide bonds. The van der Waals surface area contributed by atoms with Gasteiger partial charge in [0.05, 0.1) is 13.7 Å². The third-order valence-electron chi connectivity index (χ3n) is 2.94. The van der Waals surface area contributed by atoms with E-state index in [9.17, 15) is 0 Å². The summed E-state index contributed by atoms with van der Waals surface area (Å²) in [5.74, 6) is 2.47. The Hall–Kier alpha value is -1.44. The second-order valence-corrected chi connectivity index (χ2v) is 4.34. The summed E-state index contributed by atoms with van der Waals surface area (Å²) < 4.78 is 11.0. The molecule has 1 heterocycles. The second kappa shape index (κ2) is 4.60. The molecule has 1 aromatic rings. The normalized spacial score (nSPS) is 15.5. The largest absolute Gasteiger partial charge is 0.497 e. The van der Waals surface area contributed by atoms with Crippen LogP contribution >= 0.6 is 0 Å². The molecule has 0 bridgehead atoms. The topological polar surface area (TPSA) is 18.5 Å². The van der Waals surface area contributed by atoms with Crippen LogP contribution in [0.1, 0.15) is 25.8 Å². The van der Waals surface area contributed by atoms with E-state index in [-0.39, 0.29) is 0 Å². The van der Waals surface area contributed by atoms with Crippen LogP contribution in [0.2, 0.25) is 0 Å². The number of rotatable bonds is 3. The minimum Gasteiger partial charge on any atom is -0.497 e. The summed E-state index contributed by atoms with van der Waals surface area (Å²) in [7, 11) is 1.69. The van der Waals surface area contributed by atoms with Crippen LogP contribution < -0.4 is 4.74 Å². The highest BCUT2D eigenvalue weighted by Crippen LogP contribution is 2.33. The van der Waals surface area contributed by atoms with E-state index in [0.717, 1.165) is 30.1 Å². The van der Waals surface area contributed by atoms with Crippen molar-refractivity contribution < 1.29 is 9.47 Å². The lowest BCUT2D eigenvalue weighted by Crippen LogP contribution is -1.94. The molecule has 16 heavy (non-hydrogen) atoms. The lowest BCUT2D eigenvalue weighted by atomic mass is 9.97. The third kappa shape index (κ3) is 2.06. The maximum Gasteiger partial charge on any atom is 0.126 e. The van der Waals surface area contributed by atoms with Crippen molar-refractivity contribution in [2.24, 2.45) is 5.92 Å². The predicted molar refractivity (Wildman–Crippen MR) is 65.3 cm³/mol. The van der Waals surface area contributed by atoms with E-state index in [2.05, 4.69) is 19.9 Å². The summed E-state index contributed by atoms with van der Waals surface area (Å²) in [4.78, 5) is 0. The van der Waals surface area contributed by atoms with Gasteiger partial charge in [-0.2, -0.15) is 0 Å². The van der Waals surface area contributed by atoms with E-state index >= 15 is 0 Å². The zero-order valence-electron chi connectivity index (χ0n) is 10.1. The number of benzene rings is 1. The molecule has 0 fully saturated rings. The molecule has 0 aromatic heterocycles. The summed E-state index contributed by atoms with van der Waals surface area (Å²) in [6.07, 6.45) is 1.05. The second-order valence-electron chi connectivity index (χ2n) is 4.34. The number of methoxy groups -OCH3 is 1. The van der Waals surface area contributed by atoms with Gasteiger partial charge in [-0.1, -0.05) is 26.0 Å². The monoisotopic (exact) mass is 218 g/mol. The van der Waals surface area contributed by atoms with E-state index in [4.69, 9.17) is 9.47 Å². The molecular weight excluding hydrogens is 200 g/mol. The van der Waals surface area contributed by atoms with Gasteiger partial charge in [-0.05, 0) is 23.6 Å². The first kappa shape index (κ1) is 11.1. The van der Waals surface area contributed by atoms with Gasteiger partial charge >= 0.3 is 0 Å². The van der Waals surface area contributed by atoms with E-state index in [1.54, 1.807) is 7.11 Å². The molecule has 1 aliphatic heterocycles. The van der Waals surface area contributed by atoms with Gasteiger partial charge in [-0.25, -0.2) is 0 Å². The SMILES string of the molecule is COc1cccc(C2=C(C(C)C)CCO2)c1. The maximum atomic E-state index is 5.74. The summed E-state index contributed by atoms with van der Waals surface area (Å²) in [6.45, 7) is 5.23. The van der Waals surface area contributed by atoms with Gasteiger partial charge in [0.25, 0.3) is 0 Å². The van der Waals surface area contributed by atoms with Crippen LogP contribution in [0, 0.1) is 5.92 Å². The van der Waals surface area contributed by atoms with Crippen LogP contribution in [-0.2, 0) is 4.74 Å². The van der Waals surface area contributed by atoms with Crippen molar-refractivity contribution in [1.29, 1.82) is 0 Å². The summed E-state index contributed by atoms with van der Waals surface area (Å²) >= 11 is 0. The number of hydrogen-bond acceptors (Lipinski definition) is 2. The standard InChI is InChI=1S/C14H18O2/c1-10(2)13-7-8-16-14(13)11-5-4-6-12(9-11)15-3/h4-6,9-10H,7-8H2,1-3H3. The molecule has 0 unspecified atom stereocenters. The molecular formula is C14H18O2. The van der Waals surface area contributed by atoms with Gasteiger partial charge in [-0.15, -0.1) is 0 Å². The van der Waals surface area contributed by atoms with Crippen LogP contribution in [0.25, 0.3) is 5.76 Å². The first-order valence-corrected chi connectivity index (χ1v) is 5.72. The van der Waals surface area contributed by atoms with Crippen molar-refractivity contribution in [2.45, 2.75) is 20.3 Å². The Balaban J connectivity index is 2.39. The first-order valence-electron chi connectivity index (χ1n) is 5.72. The average Bonchev–Trinajstić information content (AvgIpc) is 2.78. The van der Waals surface area contributed by atoms with Crippen molar-refractivity contribution in [1.82, 2.24) is 0 Å². The lowest BCUT2D eigenvalue weighted by Gasteiger charge is -2.10. The molecule has 0 radical (unpaired) electrons. The molecule has 2 heteroatoms. The Morgan fingerprint density at radius 1 is 1.31 bits per heavy atom. The van der Waals surface area contributed by atoms with Gasteiger partial charge < -0.3 is 9.47 Å². The summed E-state index contributed by atoms with van der Waals surface area (Å²) in [5.41, 5.74) is 2.54. The van der Waals surface area contributed by atoms with Crippen LogP contribution in [0.15, 0.2) is 29.8 Å². The maximum absolute atomic E-state index is 5.74. The molecule has 0 spiro atoms. The fourth-order valence-electron chi connectivity index (χ4n) is 2.05. The fraction of sp³-hybridized carbons (Fsp3) is 0.429. The molecule has 0 aliphatic carbocycles. The van der Waals surface area contributed by atoms with Crippen LogP contribution in [0.5, 0.6) is 5.75 Å². The Morgan fingerprint density at radius 3 is 2.81 bits per heavy atom. The molecule has 0 saturated heterocycles. The average molecular weight is 218 g/mol. The smallest absolute Gasteiger partial charge is 0.126 e. The van der Waals surface area contributed by atoms with Crippen molar-refractivity contribution in [3.05, 3.63) is 35.4 Å². The van der Waals surface area contributed by atoms with Gasteiger partial charge in [-0.3, -0.25) is 0 Å². The minimum atomic E-state index is 0.545. The van der Waals surface area contributed by atoms with Crippen molar-refractivity contribution >= 4 is 5.76 Å².